The summed E-state index contributed by atoms with van der Waals surface area (Å²) in [6.45, 7) is 1.52. The summed E-state index contributed by atoms with van der Waals surface area (Å²) in [5.41, 5.74) is -0.175. The van der Waals surface area contributed by atoms with Gasteiger partial charge in [0, 0.05) is 16.5 Å². The smallest absolute Gasteiger partial charge is 0.362 e. The summed E-state index contributed by atoms with van der Waals surface area (Å²) in [7, 11) is 0. The van der Waals surface area contributed by atoms with Crippen LogP contribution in [0.5, 0.6) is 17.2 Å². The number of pyridine rings is 1. The standard InChI is InChI=1S/C19H16N6O4/c1-11-15-9-13(29-12-5-3-2-4-6-12)7-8-14(15)17(26)16(21-11)18(27)20-10-25-19(28)22-23-24-25/h2-9,26H,10H2,1H3,(H,20,27)(H,22,24,28). The minimum absolute atomic E-state index is 0.150. The number of tetrazole rings is 1. The zero-order valence-corrected chi connectivity index (χ0v) is 15.3. The Morgan fingerprint density at radius 3 is 2.69 bits per heavy atom. The molecule has 0 spiro atoms. The van der Waals surface area contributed by atoms with Crippen molar-refractivity contribution in [3.05, 3.63) is 70.4 Å². The number of benzene rings is 2. The number of carbonyl (C=O) groups is 1. The third-order valence-electron chi connectivity index (χ3n) is 4.26. The van der Waals surface area contributed by atoms with Crippen LogP contribution in [0.3, 0.4) is 0 Å². The molecule has 10 nitrogen and oxygen atoms in total. The number of carbonyl (C=O) groups excluding carboxylic acids is 1. The quantitative estimate of drug-likeness (QED) is 0.470. The molecule has 4 rings (SSSR count). The van der Waals surface area contributed by atoms with Crippen LogP contribution in [0.15, 0.2) is 53.3 Å². The van der Waals surface area contributed by atoms with Crippen molar-refractivity contribution in [2.45, 2.75) is 13.6 Å². The lowest BCUT2D eigenvalue weighted by atomic mass is 10.1. The summed E-state index contributed by atoms with van der Waals surface area (Å²) < 4.78 is 6.74. The fraction of sp³-hybridized carbons (Fsp3) is 0.105. The topological polar surface area (TPSA) is 135 Å². The van der Waals surface area contributed by atoms with E-state index >= 15 is 0 Å². The first-order valence-corrected chi connectivity index (χ1v) is 8.65. The number of ether oxygens (including phenoxy) is 1. The maximum Gasteiger partial charge on any atom is 0.362 e. The minimum atomic E-state index is -0.646. The van der Waals surface area contributed by atoms with Crippen molar-refractivity contribution in [2.75, 3.05) is 0 Å². The molecule has 0 radical (unpaired) electrons. The minimum Gasteiger partial charge on any atom is -0.505 e. The molecule has 0 aliphatic rings. The zero-order chi connectivity index (χ0) is 20.4. The van der Waals surface area contributed by atoms with Crippen molar-refractivity contribution in [2.24, 2.45) is 0 Å². The van der Waals surface area contributed by atoms with Gasteiger partial charge in [-0.1, -0.05) is 18.2 Å². The van der Waals surface area contributed by atoms with Crippen molar-refractivity contribution >= 4 is 16.7 Å². The molecule has 146 valence electrons. The van der Waals surface area contributed by atoms with Crippen LogP contribution in [-0.4, -0.2) is 36.2 Å². The Balaban J connectivity index is 1.62. The fourth-order valence-electron chi connectivity index (χ4n) is 2.84. The molecule has 2 heterocycles. The van der Waals surface area contributed by atoms with Crippen LogP contribution in [0.2, 0.25) is 0 Å². The van der Waals surface area contributed by atoms with Crippen LogP contribution in [0.1, 0.15) is 16.2 Å². The number of aromatic nitrogens is 5. The van der Waals surface area contributed by atoms with Gasteiger partial charge < -0.3 is 15.2 Å². The van der Waals surface area contributed by atoms with Crippen LogP contribution < -0.4 is 15.7 Å². The number of amides is 1. The van der Waals surface area contributed by atoms with Crippen molar-refractivity contribution in [3.8, 4) is 17.2 Å². The highest BCUT2D eigenvalue weighted by Gasteiger charge is 2.18. The molecule has 0 bridgehead atoms. The lowest BCUT2D eigenvalue weighted by molar-refractivity contribution is 0.0931. The van der Waals surface area contributed by atoms with Crippen molar-refractivity contribution in [3.63, 3.8) is 0 Å². The van der Waals surface area contributed by atoms with Gasteiger partial charge in [-0.15, -0.1) is 0 Å². The maximum absolute atomic E-state index is 12.4. The van der Waals surface area contributed by atoms with Crippen LogP contribution in [-0.2, 0) is 6.67 Å². The first-order valence-electron chi connectivity index (χ1n) is 8.65. The molecule has 29 heavy (non-hydrogen) atoms. The summed E-state index contributed by atoms with van der Waals surface area (Å²) >= 11 is 0. The van der Waals surface area contributed by atoms with E-state index in [0.717, 1.165) is 4.68 Å². The zero-order valence-electron chi connectivity index (χ0n) is 15.3. The molecule has 2 aromatic carbocycles. The van der Waals surface area contributed by atoms with E-state index in [1.807, 2.05) is 30.3 Å². The van der Waals surface area contributed by atoms with Crippen molar-refractivity contribution < 1.29 is 14.6 Å². The molecule has 0 aliphatic carbocycles. The second kappa shape index (κ2) is 7.43. The van der Waals surface area contributed by atoms with E-state index in [9.17, 15) is 14.7 Å². The SMILES string of the molecule is Cc1nc(C(=O)NCn2nn[nH]c2=O)c(O)c2ccc(Oc3ccccc3)cc12. The number of aryl methyl sites for hydroxylation is 1. The van der Waals surface area contributed by atoms with E-state index in [1.54, 1.807) is 25.1 Å². The Labute approximate surface area is 163 Å². The molecular formula is C19H16N6O4. The molecule has 0 aliphatic heterocycles. The Hall–Kier alpha value is -4.21. The Kier molecular flexibility index (Phi) is 4.65. The highest BCUT2D eigenvalue weighted by Crippen LogP contribution is 2.33. The number of rotatable bonds is 5. The number of fused-ring (bicyclic) bond motifs is 1. The molecule has 2 aromatic heterocycles. The maximum atomic E-state index is 12.4. The molecule has 10 heteroatoms. The summed E-state index contributed by atoms with van der Waals surface area (Å²) in [6, 6.07) is 14.4. The average molecular weight is 392 g/mol. The van der Waals surface area contributed by atoms with E-state index in [1.165, 1.54) is 0 Å². The Bertz CT molecular complexity index is 1250. The predicted molar refractivity (Wildman–Crippen MR) is 103 cm³/mol. The number of H-pyrrole nitrogens is 1. The highest BCUT2D eigenvalue weighted by molar-refractivity contribution is 6.02. The van der Waals surface area contributed by atoms with Gasteiger partial charge in [0.15, 0.2) is 11.4 Å². The second-order valence-corrected chi connectivity index (χ2v) is 6.19. The van der Waals surface area contributed by atoms with Gasteiger partial charge in [0.05, 0.1) is 0 Å². The van der Waals surface area contributed by atoms with Gasteiger partial charge in [0.2, 0.25) is 0 Å². The third-order valence-corrected chi connectivity index (χ3v) is 4.26. The van der Waals surface area contributed by atoms with Gasteiger partial charge in [0.25, 0.3) is 5.91 Å². The summed E-state index contributed by atoms with van der Waals surface area (Å²) in [5.74, 6) is 0.352. The second-order valence-electron chi connectivity index (χ2n) is 6.19. The summed E-state index contributed by atoms with van der Waals surface area (Å²) in [4.78, 5) is 28.0. The van der Waals surface area contributed by atoms with Crippen LogP contribution in [0.25, 0.3) is 10.8 Å². The Morgan fingerprint density at radius 2 is 1.97 bits per heavy atom. The van der Waals surface area contributed by atoms with E-state index in [0.29, 0.717) is 28.0 Å². The monoisotopic (exact) mass is 392 g/mol. The number of aromatic amines is 1. The molecule has 0 saturated carbocycles. The normalized spacial score (nSPS) is 10.8. The van der Waals surface area contributed by atoms with Gasteiger partial charge in [0.1, 0.15) is 18.2 Å². The van der Waals surface area contributed by atoms with Crippen molar-refractivity contribution in [1.82, 2.24) is 30.5 Å². The molecule has 0 unspecified atom stereocenters. The number of nitrogens with zero attached hydrogens (tertiary/aromatic N) is 4. The summed E-state index contributed by atoms with van der Waals surface area (Å²) in [5, 5.41) is 23.1. The number of aromatic hydroxyl groups is 1. The van der Waals surface area contributed by atoms with E-state index in [-0.39, 0.29) is 18.1 Å². The first-order chi connectivity index (χ1) is 14.0. The average Bonchev–Trinajstić information content (AvgIpc) is 3.14. The third kappa shape index (κ3) is 3.63. The van der Waals surface area contributed by atoms with Gasteiger partial charge in [-0.3, -0.25) is 4.79 Å². The fourth-order valence-corrected chi connectivity index (χ4v) is 2.84. The van der Waals surface area contributed by atoms with E-state index < -0.39 is 11.6 Å². The molecular weight excluding hydrogens is 376 g/mol. The lowest BCUT2D eigenvalue weighted by Gasteiger charge is -2.12. The molecule has 1 amide bonds. The number of nitrogens with one attached hydrogen (secondary N) is 2. The van der Waals surface area contributed by atoms with Crippen molar-refractivity contribution in [1.29, 1.82) is 0 Å². The predicted octanol–water partition coefficient (Wildman–Crippen LogP) is 1.71. The largest absolute Gasteiger partial charge is 0.505 e. The van der Waals surface area contributed by atoms with Gasteiger partial charge in [-0.05, 0) is 47.7 Å². The van der Waals surface area contributed by atoms with E-state index in [4.69, 9.17) is 4.74 Å². The molecule has 3 N–H and O–H groups in total. The van der Waals surface area contributed by atoms with Crippen LogP contribution in [0.4, 0.5) is 0 Å². The Morgan fingerprint density at radius 1 is 1.17 bits per heavy atom. The number of hydrogen-bond donors (Lipinski definition) is 3. The number of hydrogen-bond acceptors (Lipinski definition) is 7. The summed E-state index contributed by atoms with van der Waals surface area (Å²) in [6.07, 6.45) is 0. The highest BCUT2D eigenvalue weighted by atomic mass is 16.5. The molecule has 0 saturated heterocycles. The molecule has 0 fully saturated rings. The van der Waals surface area contributed by atoms with E-state index in [2.05, 4.69) is 25.8 Å². The van der Waals surface area contributed by atoms with Gasteiger partial charge in [-0.2, -0.15) is 4.68 Å². The van der Waals surface area contributed by atoms with Crippen LogP contribution in [0, 0.1) is 6.92 Å². The first kappa shape index (κ1) is 18.2. The van der Waals surface area contributed by atoms with Gasteiger partial charge >= 0.3 is 5.69 Å². The van der Waals surface area contributed by atoms with Gasteiger partial charge in [-0.25, -0.2) is 14.9 Å². The molecule has 4 aromatic rings. The van der Waals surface area contributed by atoms with Crippen LogP contribution >= 0.6 is 0 Å². The molecule has 0 atom stereocenters. The lowest BCUT2D eigenvalue weighted by Crippen LogP contribution is -2.32. The number of para-hydroxylation sites is 1.